The fraction of sp³-hybridized carbons (Fsp3) is 0.579. The minimum Gasteiger partial charge on any atom is -0.482 e. The lowest BCUT2D eigenvalue weighted by atomic mass is 9.98. The Labute approximate surface area is 165 Å². The number of carbonyl (C=O) groups is 2. The molecular formula is C19H27N3O5S. The van der Waals surface area contributed by atoms with E-state index in [4.69, 9.17) is 4.74 Å². The van der Waals surface area contributed by atoms with Gasteiger partial charge in [-0.05, 0) is 43.4 Å². The lowest BCUT2D eigenvalue weighted by molar-refractivity contribution is -0.126. The first-order valence-electron chi connectivity index (χ1n) is 9.62. The summed E-state index contributed by atoms with van der Waals surface area (Å²) in [6.07, 6.45) is 2.20. The van der Waals surface area contributed by atoms with Crippen molar-refractivity contribution in [2.75, 3.05) is 31.6 Å². The van der Waals surface area contributed by atoms with Crippen molar-refractivity contribution in [3.05, 3.63) is 18.2 Å². The number of sulfonamides is 1. The quantitative estimate of drug-likeness (QED) is 0.742. The van der Waals surface area contributed by atoms with Gasteiger partial charge in [0, 0.05) is 19.6 Å². The standard InChI is InChI=1S/C19H27N3O5S/c1-13(2)7-8-20-19(24)14-4-3-9-22(11-14)28(25,26)15-5-6-17-16(10-15)21-18(23)12-27-17/h5-6,10,13-14H,3-4,7-9,11-12H2,1-2H3,(H,20,24)(H,21,23). The first-order valence-corrected chi connectivity index (χ1v) is 11.1. The summed E-state index contributed by atoms with van der Waals surface area (Å²) >= 11 is 0. The first kappa shape index (κ1) is 20.6. The summed E-state index contributed by atoms with van der Waals surface area (Å²) in [6.45, 7) is 5.23. The Morgan fingerprint density at radius 3 is 2.93 bits per heavy atom. The number of ether oxygens (including phenoxy) is 1. The summed E-state index contributed by atoms with van der Waals surface area (Å²) in [4.78, 5) is 24.0. The molecule has 2 aliphatic heterocycles. The first-order chi connectivity index (χ1) is 13.3. The van der Waals surface area contributed by atoms with Gasteiger partial charge in [-0.3, -0.25) is 9.59 Å². The van der Waals surface area contributed by atoms with Crippen molar-refractivity contribution in [1.82, 2.24) is 9.62 Å². The summed E-state index contributed by atoms with van der Waals surface area (Å²) in [7, 11) is -3.77. The molecule has 0 bridgehead atoms. The van der Waals surface area contributed by atoms with E-state index in [0.717, 1.165) is 6.42 Å². The van der Waals surface area contributed by atoms with Crippen LogP contribution in [-0.2, 0) is 19.6 Å². The fourth-order valence-corrected chi connectivity index (χ4v) is 4.93. The minimum atomic E-state index is -3.77. The van der Waals surface area contributed by atoms with Crippen molar-refractivity contribution in [2.45, 2.75) is 38.0 Å². The van der Waals surface area contributed by atoms with E-state index in [0.29, 0.717) is 43.3 Å². The van der Waals surface area contributed by atoms with Gasteiger partial charge < -0.3 is 15.4 Å². The van der Waals surface area contributed by atoms with Crippen LogP contribution in [0.1, 0.15) is 33.1 Å². The highest BCUT2D eigenvalue weighted by atomic mass is 32.2. The lowest BCUT2D eigenvalue weighted by Gasteiger charge is -2.31. The van der Waals surface area contributed by atoms with Crippen LogP contribution in [0.15, 0.2) is 23.1 Å². The SMILES string of the molecule is CC(C)CCNC(=O)C1CCCN(S(=O)(=O)c2ccc3c(c2)NC(=O)CO3)C1. The molecule has 8 nitrogen and oxygen atoms in total. The second-order valence-corrected chi connectivity index (χ2v) is 9.61. The van der Waals surface area contributed by atoms with Crippen LogP contribution in [0.3, 0.4) is 0 Å². The Morgan fingerprint density at radius 1 is 1.39 bits per heavy atom. The number of carbonyl (C=O) groups excluding carboxylic acids is 2. The van der Waals surface area contributed by atoms with E-state index < -0.39 is 10.0 Å². The highest BCUT2D eigenvalue weighted by Gasteiger charge is 2.34. The highest BCUT2D eigenvalue weighted by Crippen LogP contribution is 2.32. The Bertz CT molecular complexity index is 853. The molecule has 1 saturated heterocycles. The summed E-state index contributed by atoms with van der Waals surface area (Å²) in [5.41, 5.74) is 0.345. The van der Waals surface area contributed by atoms with Gasteiger partial charge in [0.1, 0.15) is 5.75 Å². The van der Waals surface area contributed by atoms with Crippen molar-refractivity contribution in [2.24, 2.45) is 11.8 Å². The Hall–Kier alpha value is -2.13. The van der Waals surface area contributed by atoms with Crippen molar-refractivity contribution in [3.8, 4) is 5.75 Å². The predicted octanol–water partition coefficient (Wildman–Crippen LogP) is 1.58. The van der Waals surface area contributed by atoms with Crippen LogP contribution < -0.4 is 15.4 Å². The van der Waals surface area contributed by atoms with Crippen molar-refractivity contribution >= 4 is 27.5 Å². The van der Waals surface area contributed by atoms with E-state index in [1.807, 2.05) is 0 Å². The van der Waals surface area contributed by atoms with E-state index >= 15 is 0 Å². The van der Waals surface area contributed by atoms with Gasteiger partial charge >= 0.3 is 0 Å². The van der Waals surface area contributed by atoms with Gasteiger partial charge in [-0.25, -0.2) is 8.42 Å². The predicted molar refractivity (Wildman–Crippen MR) is 105 cm³/mol. The third-order valence-corrected chi connectivity index (χ3v) is 6.86. The third-order valence-electron chi connectivity index (χ3n) is 5.00. The van der Waals surface area contributed by atoms with E-state index in [1.54, 1.807) is 6.07 Å². The molecule has 0 aliphatic carbocycles. The van der Waals surface area contributed by atoms with E-state index in [9.17, 15) is 18.0 Å². The number of anilines is 1. The second kappa shape index (κ2) is 8.48. The van der Waals surface area contributed by atoms with Crippen molar-refractivity contribution in [3.63, 3.8) is 0 Å². The van der Waals surface area contributed by atoms with Crippen LogP contribution in [0.4, 0.5) is 5.69 Å². The average molecular weight is 410 g/mol. The van der Waals surface area contributed by atoms with Gasteiger partial charge in [0.15, 0.2) is 6.61 Å². The van der Waals surface area contributed by atoms with Crippen LogP contribution in [0.25, 0.3) is 0 Å². The van der Waals surface area contributed by atoms with Gasteiger partial charge in [0.2, 0.25) is 15.9 Å². The molecule has 0 saturated carbocycles. The Kier molecular flexibility index (Phi) is 6.24. The topological polar surface area (TPSA) is 105 Å². The molecule has 2 heterocycles. The van der Waals surface area contributed by atoms with Crippen molar-refractivity contribution in [1.29, 1.82) is 0 Å². The van der Waals surface area contributed by atoms with Crippen LogP contribution in [0.5, 0.6) is 5.75 Å². The molecule has 2 amide bonds. The normalized spacial score (nSPS) is 20.2. The number of hydrogen-bond acceptors (Lipinski definition) is 5. The third kappa shape index (κ3) is 4.64. The largest absolute Gasteiger partial charge is 0.482 e. The van der Waals surface area contributed by atoms with E-state index in [-0.39, 0.29) is 35.8 Å². The molecule has 1 aromatic carbocycles. The highest BCUT2D eigenvalue weighted by molar-refractivity contribution is 7.89. The summed E-state index contributed by atoms with van der Waals surface area (Å²) < 4.78 is 32.8. The zero-order valence-electron chi connectivity index (χ0n) is 16.2. The smallest absolute Gasteiger partial charge is 0.262 e. The Balaban J connectivity index is 1.70. The van der Waals surface area contributed by atoms with Crippen LogP contribution in [0, 0.1) is 11.8 Å². The zero-order chi connectivity index (χ0) is 20.3. The number of hydrogen-bond donors (Lipinski definition) is 2. The molecule has 0 spiro atoms. The molecular weight excluding hydrogens is 382 g/mol. The maximum absolute atomic E-state index is 13.1. The molecule has 1 atom stereocenters. The lowest BCUT2D eigenvalue weighted by Crippen LogP contribution is -2.45. The maximum Gasteiger partial charge on any atom is 0.262 e. The van der Waals surface area contributed by atoms with Gasteiger partial charge in [0.25, 0.3) is 5.91 Å². The molecule has 28 heavy (non-hydrogen) atoms. The number of rotatable bonds is 6. The molecule has 2 aliphatic rings. The summed E-state index contributed by atoms with van der Waals surface area (Å²) in [5, 5.41) is 5.54. The van der Waals surface area contributed by atoms with Gasteiger partial charge in [0.05, 0.1) is 16.5 Å². The number of benzene rings is 1. The van der Waals surface area contributed by atoms with Gasteiger partial charge in [-0.2, -0.15) is 4.31 Å². The van der Waals surface area contributed by atoms with Gasteiger partial charge in [-0.15, -0.1) is 0 Å². The number of nitrogens with one attached hydrogen (secondary N) is 2. The molecule has 1 fully saturated rings. The van der Waals surface area contributed by atoms with Crippen LogP contribution >= 0.6 is 0 Å². The monoisotopic (exact) mass is 409 g/mol. The van der Waals surface area contributed by atoms with Gasteiger partial charge in [-0.1, -0.05) is 13.8 Å². The number of fused-ring (bicyclic) bond motifs is 1. The molecule has 2 N–H and O–H groups in total. The molecule has 1 unspecified atom stereocenters. The maximum atomic E-state index is 13.1. The molecule has 9 heteroatoms. The molecule has 0 aromatic heterocycles. The van der Waals surface area contributed by atoms with Crippen molar-refractivity contribution < 1.29 is 22.7 Å². The van der Waals surface area contributed by atoms with Crippen LogP contribution in [0.2, 0.25) is 0 Å². The molecule has 154 valence electrons. The van der Waals surface area contributed by atoms with Crippen LogP contribution in [-0.4, -0.2) is 50.8 Å². The molecule has 0 radical (unpaired) electrons. The number of piperidine rings is 1. The molecule has 1 aromatic rings. The second-order valence-electron chi connectivity index (χ2n) is 7.67. The Morgan fingerprint density at radius 2 is 2.18 bits per heavy atom. The zero-order valence-corrected chi connectivity index (χ0v) is 17.0. The molecule has 3 rings (SSSR count). The summed E-state index contributed by atoms with van der Waals surface area (Å²) in [6, 6.07) is 4.42. The fourth-order valence-electron chi connectivity index (χ4n) is 3.37. The van der Waals surface area contributed by atoms with E-state index in [2.05, 4.69) is 24.5 Å². The summed E-state index contributed by atoms with van der Waals surface area (Å²) in [5.74, 6) is 0.178. The number of nitrogens with zero attached hydrogens (tertiary/aromatic N) is 1. The minimum absolute atomic E-state index is 0.0814. The van der Waals surface area contributed by atoms with E-state index in [1.165, 1.54) is 16.4 Å². The number of amides is 2. The average Bonchev–Trinajstić information content (AvgIpc) is 2.67.